The number of anilines is 1. The lowest BCUT2D eigenvalue weighted by molar-refractivity contribution is -0.119. The second kappa shape index (κ2) is 14.2. The van der Waals surface area contributed by atoms with Gasteiger partial charge in [-0.1, -0.05) is 67.1 Å². The first kappa shape index (κ1) is 33.4. The van der Waals surface area contributed by atoms with Gasteiger partial charge in [0.15, 0.2) is 0 Å². The molecule has 0 bridgehead atoms. The van der Waals surface area contributed by atoms with E-state index in [2.05, 4.69) is 10.6 Å². The number of carbonyl (C=O) groups is 1. The molecule has 1 saturated heterocycles. The molecule has 0 saturated carbocycles. The van der Waals surface area contributed by atoms with Crippen molar-refractivity contribution in [3.05, 3.63) is 130 Å². The van der Waals surface area contributed by atoms with E-state index in [1.165, 1.54) is 22.5 Å². The van der Waals surface area contributed by atoms with Crippen LogP contribution in [0, 0.1) is 31.4 Å². The molecular weight excluding hydrogens is 604 g/mol. The zero-order valence-electron chi connectivity index (χ0n) is 26.6. The Morgan fingerprint density at radius 1 is 0.913 bits per heavy atom. The summed E-state index contributed by atoms with van der Waals surface area (Å²) < 4.78 is 58.8. The van der Waals surface area contributed by atoms with Crippen molar-refractivity contribution in [2.75, 3.05) is 18.4 Å². The molecule has 1 amide bonds. The smallest absolute Gasteiger partial charge is 0.243 e. The predicted octanol–water partition coefficient (Wildman–Crippen LogP) is 6.97. The molecule has 2 N–H and O–H groups in total. The first-order valence-electron chi connectivity index (χ1n) is 15.7. The van der Waals surface area contributed by atoms with Crippen molar-refractivity contribution >= 4 is 21.6 Å². The van der Waals surface area contributed by atoms with Crippen LogP contribution in [0.3, 0.4) is 0 Å². The van der Waals surface area contributed by atoms with Crippen LogP contribution in [0.15, 0.2) is 95.9 Å². The Morgan fingerprint density at radius 3 is 2.33 bits per heavy atom. The van der Waals surface area contributed by atoms with Crippen molar-refractivity contribution in [1.82, 2.24) is 9.62 Å². The number of piperazine rings is 1. The van der Waals surface area contributed by atoms with Crippen LogP contribution < -0.4 is 10.6 Å². The second-order valence-corrected chi connectivity index (χ2v) is 14.2. The van der Waals surface area contributed by atoms with Gasteiger partial charge in [-0.15, -0.1) is 0 Å². The summed E-state index contributed by atoms with van der Waals surface area (Å²) in [4.78, 5) is 14.1. The summed E-state index contributed by atoms with van der Waals surface area (Å²) in [5.41, 5.74) is 4.02. The quantitative estimate of drug-likeness (QED) is 0.195. The summed E-state index contributed by atoms with van der Waals surface area (Å²) in [6.07, 6.45) is 0.554. The van der Waals surface area contributed by atoms with Gasteiger partial charge in [0.25, 0.3) is 0 Å². The standard InChI is InChI=1S/C37H41F2N3O3S/c1-24-13-15-28(16-14-24)36(29-19-25(2)20-30(38)21-29)27(4)37(43)41-35-12-8-11-34(39)33(35)18-17-31-23-40-22-26(3)42(31)46(44,45)32-9-6-5-7-10-32/h5-16,19-21,26-27,31,36,40H,17-18,22-23H2,1-4H3,(H,41,43)/t26-,27+,31+,36+/m1/s1. The van der Waals surface area contributed by atoms with Gasteiger partial charge in [0.05, 0.1) is 4.90 Å². The maximum Gasteiger partial charge on any atom is 0.243 e. The lowest BCUT2D eigenvalue weighted by Gasteiger charge is -2.40. The van der Waals surface area contributed by atoms with Crippen molar-refractivity contribution < 1.29 is 22.0 Å². The lowest BCUT2D eigenvalue weighted by atomic mass is 9.80. The third-order valence-electron chi connectivity index (χ3n) is 8.81. The van der Waals surface area contributed by atoms with Crippen LogP contribution in [0.25, 0.3) is 0 Å². The Labute approximate surface area is 270 Å². The molecule has 0 aliphatic carbocycles. The number of hydrogen-bond donors (Lipinski definition) is 2. The number of benzene rings is 4. The minimum Gasteiger partial charge on any atom is -0.325 e. The molecule has 6 nitrogen and oxygen atoms in total. The lowest BCUT2D eigenvalue weighted by Crippen LogP contribution is -2.58. The van der Waals surface area contributed by atoms with Gasteiger partial charge in [0, 0.05) is 48.3 Å². The van der Waals surface area contributed by atoms with Crippen LogP contribution in [0.4, 0.5) is 14.5 Å². The largest absolute Gasteiger partial charge is 0.325 e. The normalized spacial score (nSPS) is 18.6. The highest BCUT2D eigenvalue weighted by Gasteiger charge is 2.38. The first-order valence-corrected chi connectivity index (χ1v) is 17.1. The average molecular weight is 646 g/mol. The summed E-state index contributed by atoms with van der Waals surface area (Å²) in [6.45, 7) is 8.38. The SMILES string of the molecule is Cc1ccc([C@@H](c2cc(C)cc(F)c2)[C@H](C)C(=O)Nc2cccc(F)c2CC[C@H]2CNC[C@@H](C)N2S(=O)(=O)c2ccccc2)cc1. The highest BCUT2D eigenvalue weighted by molar-refractivity contribution is 7.89. The molecule has 0 spiro atoms. The van der Waals surface area contributed by atoms with Gasteiger partial charge in [-0.25, -0.2) is 17.2 Å². The zero-order valence-corrected chi connectivity index (χ0v) is 27.5. The molecule has 0 radical (unpaired) electrons. The molecule has 242 valence electrons. The van der Waals surface area contributed by atoms with Crippen LogP contribution in [0.1, 0.15) is 54.0 Å². The molecule has 0 unspecified atom stereocenters. The minimum atomic E-state index is -3.78. The van der Waals surface area contributed by atoms with E-state index in [4.69, 9.17) is 0 Å². The van der Waals surface area contributed by atoms with Crippen LogP contribution in [0.5, 0.6) is 0 Å². The van der Waals surface area contributed by atoms with Gasteiger partial charge in [-0.3, -0.25) is 4.79 Å². The van der Waals surface area contributed by atoms with Crippen molar-refractivity contribution in [3.8, 4) is 0 Å². The van der Waals surface area contributed by atoms with E-state index in [1.54, 1.807) is 49.4 Å². The Balaban J connectivity index is 1.39. The number of nitrogens with zero attached hydrogens (tertiary/aromatic N) is 1. The van der Waals surface area contributed by atoms with Crippen LogP contribution in [0.2, 0.25) is 0 Å². The van der Waals surface area contributed by atoms with Crippen LogP contribution in [-0.4, -0.2) is 43.8 Å². The third-order valence-corrected chi connectivity index (χ3v) is 10.9. The number of nitrogens with one attached hydrogen (secondary N) is 2. The van der Waals surface area contributed by atoms with Gasteiger partial charge < -0.3 is 10.6 Å². The van der Waals surface area contributed by atoms with E-state index in [-0.39, 0.29) is 29.1 Å². The van der Waals surface area contributed by atoms with Gasteiger partial charge >= 0.3 is 0 Å². The van der Waals surface area contributed by atoms with Crippen molar-refractivity contribution in [3.63, 3.8) is 0 Å². The molecule has 46 heavy (non-hydrogen) atoms. The molecule has 1 aliphatic rings. The van der Waals surface area contributed by atoms with Crippen molar-refractivity contribution in [1.29, 1.82) is 0 Å². The first-order chi connectivity index (χ1) is 22.0. The summed E-state index contributed by atoms with van der Waals surface area (Å²) >= 11 is 0. The number of amides is 1. The molecule has 4 atom stereocenters. The van der Waals surface area contributed by atoms with Gasteiger partial charge in [0.1, 0.15) is 11.6 Å². The maximum atomic E-state index is 15.4. The molecule has 1 heterocycles. The zero-order chi connectivity index (χ0) is 33.0. The monoisotopic (exact) mass is 645 g/mol. The van der Waals surface area contributed by atoms with E-state index in [0.29, 0.717) is 36.3 Å². The predicted molar refractivity (Wildman–Crippen MR) is 178 cm³/mol. The van der Waals surface area contributed by atoms with E-state index in [0.717, 1.165) is 16.7 Å². The van der Waals surface area contributed by atoms with Gasteiger partial charge in [-0.05, 0) is 86.7 Å². The molecule has 9 heteroatoms. The van der Waals surface area contributed by atoms with E-state index in [1.807, 2.05) is 51.1 Å². The van der Waals surface area contributed by atoms with Gasteiger partial charge in [0.2, 0.25) is 15.9 Å². The van der Waals surface area contributed by atoms with Crippen LogP contribution in [-0.2, 0) is 21.2 Å². The Morgan fingerprint density at radius 2 is 1.63 bits per heavy atom. The summed E-state index contributed by atoms with van der Waals surface area (Å²) in [5, 5.41) is 6.26. The molecule has 1 fully saturated rings. The number of aryl methyl sites for hydroxylation is 2. The molecular formula is C37H41F2N3O3S. The number of carbonyl (C=O) groups excluding carboxylic acids is 1. The minimum absolute atomic E-state index is 0.209. The number of halogens is 2. The van der Waals surface area contributed by atoms with E-state index >= 15 is 4.39 Å². The molecule has 4 aromatic carbocycles. The fourth-order valence-corrected chi connectivity index (χ4v) is 8.37. The topological polar surface area (TPSA) is 78.5 Å². The molecule has 0 aromatic heterocycles. The fraction of sp³-hybridized carbons (Fsp3) is 0.324. The molecule has 4 aromatic rings. The van der Waals surface area contributed by atoms with Crippen LogP contribution >= 0.6 is 0 Å². The number of hydrogen-bond acceptors (Lipinski definition) is 4. The number of rotatable bonds is 10. The van der Waals surface area contributed by atoms with Gasteiger partial charge in [-0.2, -0.15) is 4.31 Å². The second-order valence-electron chi connectivity index (χ2n) is 12.3. The van der Waals surface area contributed by atoms with E-state index < -0.39 is 33.7 Å². The highest BCUT2D eigenvalue weighted by Crippen LogP contribution is 2.35. The highest BCUT2D eigenvalue weighted by atomic mass is 32.2. The Kier molecular flexibility index (Phi) is 10.4. The number of sulfonamides is 1. The van der Waals surface area contributed by atoms with E-state index in [9.17, 15) is 17.6 Å². The maximum absolute atomic E-state index is 15.4. The summed E-state index contributed by atoms with van der Waals surface area (Å²) in [6, 6.07) is 24.8. The van der Waals surface area contributed by atoms with Crippen molar-refractivity contribution in [2.24, 2.45) is 5.92 Å². The average Bonchev–Trinajstić information content (AvgIpc) is 3.01. The summed E-state index contributed by atoms with van der Waals surface area (Å²) in [7, 11) is -3.78. The fourth-order valence-electron chi connectivity index (χ4n) is 6.50. The Hall–Kier alpha value is -3.92. The third kappa shape index (κ3) is 7.38. The summed E-state index contributed by atoms with van der Waals surface area (Å²) in [5.74, 6) is -2.26. The molecule has 5 rings (SSSR count). The molecule has 1 aliphatic heterocycles. The van der Waals surface area contributed by atoms with Crippen molar-refractivity contribution in [2.45, 2.75) is 63.4 Å². The Bertz CT molecular complexity index is 1760.